The molecule has 4 atom stereocenters. The minimum absolute atomic E-state index is 0.0526. The molecule has 0 saturated heterocycles. The van der Waals surface area contributed by atoms with Crippen LogP contribution in [0, 0.1) is 12.8 Å². The molecule has 1 aromatic carbocycles. The number of pyridine rings is 1. The number of ether oxygens (including phenoxy) is 2. The van der Waals surface area contributed by atoms with Crippen LogP contribution in [0.4, 0.5) is 0 Å². The van der Waals surface area contributed by atoms with E-state index in [1.165, 1.54) is 76.2 Å². The van der Waals surface area contributed by atoms with E-state index in [4.69, 9.17) is 44.4 Å². The van der Waals surface area contributed by atoms with Gasteiger partial charge >= 0.3 is 5.97 Å². The van der Waals surface area contributed by atoms with Gasteiger partial charge in [0.05, 0.1) is 42.2 Å². The van der Waals surface area contributed by atoms with E-state index in [0.717, 1.165) is 16.9 Å². The third kappa shape index (κ3) is 10.4. The molecule has 8 aromatic rings. The first kappa shape index (κ1) is 50.5. The van der Waals surface area contributed by atoms with E-state index in [1.54, 1.807) is 24.4 Å². The van der Waals surface area contributed by atoms with Crippen molar-refractivity contribution in [1.82, 2.24) is 56.2 Å². The lowest BCUT2D eigenvalue weighted by Crippen LogP contribution is -2.34. The molecule has 26 heteroatoms. The van der Waals surface area contributed by atoms with E-state index in [9.17, 15) is 29.1 Å². The number of carbonyl (C=O) groups is 5. The van der Waals surface area contributed by atoms with Crippen LogP contribution in [0.5, 0.6) is 0 Å². The second-order valence-electron chi connectivity index (χ2n) is 17.0. The predicted molar refractivity (Wildman–Crippen MR) is 282 cm³/mol. The van der Waals surface area contributed by atoms with Crippen molar-refractivity contribution >= 4 is 104 Å². The van der Waals surface area contributed by atoms with Gasteiger partial charge in [0.2, 0.25) is 11.8 Å². The van der Waals surface area contributed by atoms with Gasteiger partial charge in [-0.1, -0.05) is 44.2 Å². The van der Waals surface area contributed by atoms with E-state index >= 15 is 0 Å². The summed E-state index contributed by atoms with van der Waals surface area (Å²) in [5.41, 5.74) is 3.40. The van der Waals surface area contributed by atoms with Crippen molar-refractivity contribution in [3.8, 4) is 43.4 Å². The van der Waals surface area contributed by atoms with E-state index < -0.39 is 47.9 Å². The van der Waals surface area contributed by atoms with Gasteiger partial charge in [0.1, 0.15) is 70.3 Å². The Labute approximate surface area is 445 Å². The average molecular weight is 1110 g/mol. The summed E-state index contributed by atoms with van der Waals surface area (Å²) in [4.78, 5) is 107. The Balaban J connectivity index is 1.07. The summed E-state index contributed by atoms with van der Waals surface area (Å²) in [6, 6.07) is 10.9. The minimum atomic E-state index is -1.17. The number of nitrogens with zero attached hydrogens (tertiary/aromatic N) is 8. The highest BCUT2D eigenvalue weighted by Crippen LogP contribution is 2.44. The lowest BCUT2D eigenvalue weighted by atomic mass is 10.0. The van der Waals surface area contributed by atoms with Crippen molar-refractivity contribution in [3.05, 3.63) is 117 Å². The molecule has 378 valence electrons. The summed E-state index contributed by atoms with van der Waals surface area (Å²) in [6.45, 7) is 5.61. The molecule has 2 unspecified atom stereocenters. The summed E-state index contributed by atoms with van der Waals surface area (Å²) in [5.74, 6) is -3.04. The first-order valence-electron chi connectivity index (χ1n) is 22.7. The standard InChI is InChI=1S/C48H42N12O8S6/c1-20(2)33-47-60-36(30(74-47)15-67-5)40(63)50-14-32-57-37(38(68-32)22-9-7-6-8-10-22)46-55-28(18-72-46)44-53-26(16-70-44)35-23(11-12-24(51-35)43-56-29(19-71-43)48(65)66)42-54-27(17-69-42)39(62)52-25(13-31(61)49-4)45-59-34(21(3)73-45)41(64)58-33/h6-12,16-20,25,33,37-38H,13-15H2,1-5H3,(H,49,61)(H,50,63)(H,52,62)(H,58,64)(H,65,66)/t25-,33-,37?,38?/m0/s1. The number of hydrogen-bond acceptors (Lipinski definition) is 21. The van der Waals surface area contributed by atoms with Crippen molar-refractivity contribution < 1.29 is 38.6 Å². The highest BCUT2D eigenvalue weighted by atomic mass is 32.1. The van der Waals surface area contributed by atoms with Gasteiger partial charge in [-0.05, 0) is 30.5 Å². The Hall–Kier alpha value is -7.07. The van der Waals surface area contributed by atoms with Crippen molar-refractivity contribution in [1.29, 1.82) is 0 Å². The molecule has 4 amide bonds. The van der Waals surface area contributed by atoms with E-state index in [1.807, 2.05) is 54.9 Å². The summed E-state index contributed by atoms with van der Waals surface area (Å²) in [7, 11) is 3.01. The quantitative estimate of drug-likeness (QED) is 0.0957. The lowest BCUT2D eigenvalue weighted by molar-refractivity contribution is -0.121. The van der Waals surface area contributed by atoms with E-state index in [0.29, 0.717) is 68.1 Å². The maximum atomic E-state index is 14.2. The highest BCUT2D eigenvalue weighted by Gasteiger charge is 2.37. The molecule has 0 saturated carbocycles. The molecule has 74 heavy (non-hydrogen) atoms. The van der Waals surface area contributed by atoms with Crippen LogP contribution in [0.25, 0.3) is 43.4 Å². The zero-order chi connectivity index (χ0) is 51.8. The van der Waals surface area contributed by atoms with Crippen molar-refractivity contribution in [2.45, 2.75) is 58.0 Å². The molecule has 5 N–H and O–H groups in total. The van der Waals surface area contributed by atoms with Gasteiger partial charge in [-0.25, -0.2) is 44.7 Å². The first-order valence-corrected chi connectivity index (χ1v) is 27.8. The summed E-state index contributed by atoms with van der Waals surface area (Å²) in [5, 5.41) is 30.8. The Morgan fingerprint density at radius 2 is 1.49 bits per heavy atom. The topological polar surface area (TPSA) is 275 Å². The zero-order valence-corrected chi connectivity index (χ0v) is 44.6. The number of aliphatic imine (C=N–C) groups is 1. The number of carboxylic acids is 1. The number of aryl methyl sites for hydroxylation is 1. The smallest absolute Gasteiger partial charge is 0.355 e. The van der Waals surface area contributed by atoms with Crippen molar-refractivity contribution in [3.63, 3.8) is 0 Å². The average Bonchev–Trinajstić information content (AvgIpc) is 4.25. The fourth-order valence-electron chi connectivity index (χ4n) is 7.96. The van der Waals surface area contributed by atoms with Gasteiger partial charge in [-0.2, -0.15) is 0 Å². The largest absolute Gasteiger partial charge is 0.476 e. The molecule has 0 radical (unpaired) electrons. The number of aromatic nitrogens is 7. The lowest BCUT2D eigenvalue weighted by Gasteiger charge is -2.20. The Bertz CT molecular complexity index is 3490. The number of rotatable bonds is 8. The van der Waals surface area contributed by atoms with Gasteiger partial charge in [0.15, 0.2) is 11.8 Å². The predicted octanol–water partition coefficient (Wildman–Crippen LogP) is 8.33. The zero-order valence-electron chi connectivity index (χ0n) is 39.7. The molecular weight excluding hydrogens is 1070 g/mol. The molecule has 7 aromatic heterocycles. The van der Waals surface area contributed by atoms with Crippen molar-refractivity contribution in [2.75, 3.05) is 20.7 Å². The first-order chi connectivity index (χ1) is 35.7. The summed E-state index contributed by atoms with van der Waals surface area (Å²) in [6.07, 6.45) is -0.754. The molecule has 2 aliphatic rings. The number of aromatic carboxylic acids is 1. The molecule has 0 fully saturated rings. The molecule has 20 nitrogen and oxygen atoms in total. The maximum Gasteiger partial charge on any atom is 0.355 e. The monoisotopic (exact) mass is 1110 g/mol. The Kier molecular flexibility index (Phi) is 14.6. The van der Waals surface area contributed by atoms with Crippen LogP contribution in [0.3, 0.4) is 0 Å². The second-order valence-corrected chi connectivity index (χ2v) is 22.8. The molecule has 10 rings (SSSR count). The molecule has 0 aliphatic carbocycles. The van der Waals surface area contributed by atoms with Crippen molar-refractivity contribution in [2.24, 2.45) is 10.9 Å². The Morgan fingerprint density at radius 3 is 2.24 bits per heavy atom. The van der Waals surface area contributed by atoms with Gasteiger partial charge in [-0.3, -0.25) is 19.2 Å². The third-order valence-corrected chi connectivity index (χ3v) is 17.3. The van der Waals surface area contributed by atoms with Crippen LogP contribution < -0.4 is 21.3 Å². The number of thiazole rings is 6. The maximum absolute atomic E-state index is 14.2. The fourth-order valence-corrected chi connectivity index (χ4v) is 13.5. The summed E-state index contributed by atoms with van der Waals surface area (Å²) < 4.78 is 12.0. The highest BCUT2D eigenvalue weighted by molar-refractivity contribution is 7.15. The van der Waals surface area contributed by atoms with Crippen LogP contribution in [0.15, 0.2) is 69.0 Å². The number of nitrogens with one attached hydrogen (secondary N) is 4. The van der Waals surface area contributed by atoms with Gasteiger partial charge in [0.25, 0.3) is 17.7 Å². The number of amides is 4. The molecular formula is C48H42N12O8S6. The number of carboxylic acid groups (broad SMARTS) is 1. The second kappa shape index (κ2) is 21.4. The van der Waals surface area contributed by atoms with E-state index in [-0.39, 0.29) is 60.1 Å². The number of carbonyl (C=O) groups excluding carboxylic acids is 4. The van der Waals surface area contributed by atoms with Crippen LogP contribution in [0.1, 0.15) is 117 Å². The Morgan fingerprint density at radius 1 is 0.757 bits per heavy atom. The molecule has 2 aliphatic heterocycles. The summed E-state index contributed by atoms with van der Waals surface area (Å²) >= 11 is 7.49. The van der Waals surface area contributed by atoms with Gasteiger partial charge in [-0.15, -0.1) is 68.0 Å². The third-order valence-electron chi connectivity index (χ3n) is 11.6. The number of hydrogen-bond donors (Lipinski definition) is 5. The minimum Gasteiger partial charge on any atom is -0.476 e. The number of methoxy groups -OCH3 is 1. The van der Waals surface area contributed by atoms with Crippen LogP contribution in [0.2, 0.25) is 0 Å². The van der Waals surface area contributed by atoms with E-state index in [2.05, 4.69) is 26.3 Å². The van der Waals surface area contributed by atoms with Crippen LogP contribution in [-0.4, -0.2) is 96.2 Å². The molecule has 12 bridgehead atoms. The van der Waals surface area contributed by atoms with Crippen LogP contribution >= 0.6 is 68.0 Å². The number of benzene rings is 1. The van der Waals surface area contributed by atoms with Gasteiger partial charge < -0.3 is 35.8 Å². The number of fused-ring (bicyclic) bond motifs is 16. The van der Waals surface area contributed by atoms with Gasteiger partial charge in [0, 0.05) is 46.1 Å². The molecule has 0 spiro atoms. The normalized spacial score (nSPS) is 18.0. The molecule has 9 heterocycles. The van der Waals surface area contributed by atoms with Crippen LogP contribution in [-0.2, 0) is 20.9 Å². The fraction of sp³-hybridized carbons (Fsp3) is 0.271. The SMILES string of the molecule is CNC(=O)C[C@@H]1NC(=O)c2csc(n2)-c2ccc(-c3nc(C(=O)O)cs3)nc2-c2csc(n2)-c2csc(n2)C2N=C(CNC(=O)c3nc(sc3COC)[C@H](C(C)C)NC(=O)c3nc1sc3C)OC2c1ccccc1.